The van der Waals surface area contributed by atoms with E-state index in [1.807, 2.05) is 0 Å². The number of hydrogen-bond donors (Lipinski definition) is 4. The average molecular weight is 443 g/mol. The van der Waals surface area contributed by atoms with Crippen LogP contribution in [0.3, 0.4) is 0 Å². The van der Waals surface area contributed by atoms with Gasteiger partial charge in [-0.15, -0.1) is 5.10 Å². The number of carbonyl (C=O) groups is 1. The van der Waals surface area contributed by atoms with E-state index in [1.165, 1.54) is 37.5 Å². The van der Waals surface area contributed by atoms with Crippen LogP contribution in [-0.4, -0.2) is 32.6 Å². The average Bonchev–Trinajstić information content (AvgIpc) is 3.34. The fraction of sp³-hybridized carbons (Fsp3) is 0.227. The first kappa shape index (κ1) is 21.4. The van der Waals surface area contributed by atoms with Crippen molar-refractivity contribution in [1.29, 1.82) is 0 Å². The Morgan fingerprint density at radius 2 is 1.78 bits per heavy atom. The summed E-state index contributed by atoms with van der Waals surface area (Å²) in [6.07, 6.45) is 3.61. The molecule has 0 aliphatic heterocycles. The van der Waals surface area contributed by atoms with E-state index in [4.69, 9.17) is 0 Å². The number of amides is 1. The Balaban J connectivity index is 0.000000158. The zero-order valence-corrected chi connectivity index (χ0v) is 16.8. The smallest absolute Gasteiger partial charge is 0.341 e. The first-order valence-corrected chi connectivity index (χ1v) is 10.1. The van der Waals surface area contributed by atoms with Crippen LogP contribution in [0.15, 0.2) is 47.3 Å². The minimum atomic E-state index is -0.640. The van der Waals surface area contributed by atoms with Crippen molar-refractivity contribution in [2.75, 3.05) is 6.54 Å². The van der Waals surface area contributed by atoms with Gasteiger partial charge in [0.25, 0.3) is 5.91 Å². The largest absolute Gasteiger partial charge is 0.352 e. The van der Waals surface area contributed by atoms with E-state index in [-0.39, 0.29) is 23.1 Å². The molecule has 0 radical (unpaired) electrons. The molecule has 10 heteroatoms. The SMILES string of the molecule is Fc1ccc(-c2cc3cc(F)cc(F)c3[nH]2)cc1.O=C(NCC1CCC1)c1n[nH]c(=O)[nH]1. The minimum absolute atomic E-state index is 0.0503. The van der Waals surface area contributed by atoms with Gasteiger partial charge in [0.1, 0.15) is 17.5 Å². The normalized spacial score (nSPS) is 13.3. The highest BCUT2D eigenvalue weighted by Crippen LogP contribution is 2.27. The van der Waals surface area contributed by atoms with Crippen molar-refractivity contribution in [3.63, 3.8) is 0 Å². The van der Waals surface area contributed by atoms with Crippen molar-refractivity contribution >= 4 is 16.8 Å². The van der Waals surface area contributed by atoms with Gasteiger partial charge in [0.05, 0.1) is 5.52 Å². The lowest BCUT2D eigenvalue weighted by molar-refractivity contribution is 0.0929. The van der Waals surface area contributed by atoms with Crippen LogP contribution in [0.1, 0.15) is 29.9 Å². The molecule has 2 aromatic carbocycles. The van der Waals surface area contributed by atoms with E-state index in [9.17, 15) is 22.8 Å². The van der Waals surface area contributed by atoms with Crippen LogP contribution < -0.4 is 11.0 Å². The van der Waals surface area contributed by atoms with Crippen LogP contribution in [0.4, 0.5) is 13.2 Å². The summed E-state index contributed by atoms with van der Waals surface area (Å²) in [5.41, 5.74) is 1.12. The molecule has 1 saturated carbocycles. The fourth-order valence-electron chi connectivity index (χ4n) is 3.35. The van der Waals surface area contributed by atoms with Gasteiger partial charge in [0.2, 0.25) is 5.82 Å². The summed E-state index contributed by atoms with van der Waals surface area (Å²) in [5.74, 6) is -1.27. The monoisotopic (exact) mass is 443 g/mol. The fourth-order valence-corrected chi connectivity index (χ4v) is 3.35. The highest BCUT2D eigenvalue weighted by molar-refractivity contribution is 5.90. The molecule has 32 heavy (non-hydrogen) atoms. The third-order valence-corrected chi connectivity index (χ3v) is 5.29. The Bertz CT molecular complexity index is 1290. The number of halogens is 3. The molecule has 1 amide bonds. The zero-order chi connectivity index (χ0) is 22.7. The molecule has 7 nitrogen and oxygen atoms in total. The molecule has 0 bridgehead atoms. The molecule has 4 N–H and O–H groups in total. The zero-order valence-electron chi connectivity index (χ0n) is 16.8. The number of nitrogens with zero attached hydrogens (tertiary/aromatic N) is 1. The molecular weight excluding hydrogens is 423 g/mol. The number of H-pyrrole nitrogens is 3. The molecule has 0 spiro atoms. The Kier molecular flexibility index (Phi) is 6.11. The third-order valence-electron chi connectivity index (χ3n) is 5.29. The Labute approximate surface area is 180 Å². The number of benzene rings is 2. The maximum atomic E-state index is 13.5. The standard InChI is InChI=1S/C14H8F3N.C8H12N4O2/c15-10-3-1-8(2-4-10)13-6-9-5-11(16)7-12(17)14(9)18-13;13-7(6-10-8(14)12-11-6)9-4-5-2-1-3-5/h1-7,18H;5H,1-4H2,(H,9,13)(H2,10,11,12,14). The Morgan fingerprint density at radius 1 is 1.03 bits per heavy atom. The summed E-state index contributed by atoms with van der Waals surface area (Å²) < 4.78 is 39.4. The maximum Gasteiger partial charge on any atom is 0.341 e. The van der Waals surface area contributed by atoms with Crippen molar-refractivity contribution in [3.05, 3.63) is 76.2 Å². The lowest BCUT2D eigenvalue weighted by atomic mass is 9.85. The topological polar surface area (TPSA) is 106 Å². The van der Waals surface area contributed by atoms with Crippen LogP contribution >= 0.6 is 0 Å². The summed E-state index contributed by atoms with van der Waals surface area (Å²) >= 11 is 0. The van der Waals surface area contributed by atoms with Gasteiger partial charge in [-0.25, -0.2) is 23.1 Å². The van der Waals surface area contributed by atoms with Crippen LogP contribution in [0.25, 0.3) is 22.2 Å². The predicted octanol–water partition coefficient (Wildman–Crippen LogP) is 3.88. The van der Waals surface area contributed by atoms with Crippen molar-refractivity contribution in [1.82, 2.24) is 25.5 Å². The van der Waals surface area contributed by atoms with E-state index >= 15 is 0 Å². The molecule has 5 rings (SSSR count). The second kappa shape index (κ2) is 9.13. The van der Waals surface area contributed by atoms with Gasteiger partial charge < -0.3 is 10.3 Å². The number of carbonyl (C=O) groups excluding carboxylic acids is 1. The van der Waals surface area contributed by atoms with Gasteiger partial charge in [-0.05, 0) is 60.7 Å². The van der Waals surface area contributed by atoms with Crippen LogP contribution in [-0.2, 0) is 0 Å². The second-order valence-corrected chi connectivity index (χ2v) is 7.58. The molecule has 0 saturated heterocycles. The number of aromatic amines is 3. The first-order valence-electron chi connectivity index (χ1n) is 10.1. The molecule has 2 heterocycles. The van der Waals surface area contributed by atoms with Crippen molar-refractivity contribution in [2.45, 2.75) is 19.3 Å². The maximum absolute atomic E-state index is 13.5. The summed E-state index contributed by atoms with van der Waals surface area (Å²) in [5, 5.41) is 8.85. The van der Waals surface area contributed by atoms with Crippen LogP contribution in [0, 0.1) is 23.4 Å². The summed E-state index contributed by atoms with van der Waals surface area (Å²) in [6, 6.07) is 9.50. The quantitative estimate of drug-likeness (QED) is 0.385. The molecule has 0 atom stereocenters. The van der Waals surface area contributed by atoms with E-state index in [1.54, 1.807) is 18.2 Å². The van der Waals surface area contributed by atoms with E-state index in [0.717, 1.165) is 6.07 Å². The van der Waals surface area contributed by atoms with Crippen LogP contribution in [0.2, 0.25) is 0 Å². The summed E-state index contributed by atoms with van der Waals surface area (Å²) in [4.78, 5) is 27.1. The highest BCUT2D eigenvalue weighted by Gasteiger charge is 2.19. The molecule has 1 aliphatic carbocycles. The second-order valence-electron chi connectivity index (χ2n) is 7.58. The van der Waals surface area contributed by atoms with Crippen molar-refractivity contribution in [3.8, 4) is 11.3 Å². The lowest BCUT2D eigenvalue weighted by Crippen LogP contribution is -2.32. The Hall–Kier alpha value is -3.82. The van der Waals surface area contributed by atoms with Gasteiger partial charge in [0.15, 0.2) is 0 Å². The molecular formula is C22H20F3N5O2. The Morgan fingerprint density at radius 3 is 2.41 bits per heavy atom. The number of rotatable bonds is 4. The predicted molar refractivity (Wildman–Crippen MR) is 112 cm³/mol. The number of nitrogens with one attached hydrogen (secondary N) is 4. The number of hydrogen-bond acceptors (Lipinski definition) is 3. The summed E-state index contributed by atoms with van der Waals surface area (Å²) in [7, 11) is 0. The van der Waals surface area contributed by atoms with Gasteiger partial charge >= 0.3 is 5.69 Å². The van der Waals surface area contributed by atoms with E-state index in [2.05, 4.69) is 25.5 Å². The van der Waals surface area contributed by atoms with E-state index < -0.39 is 17.3 Å². The molecule has 0 unspecified atom stereocenters. The molecule has 4 aromatic rings. The molecule has 1 aliphatic rings. The van der Waals surface area contributed by atoms with Gasteiger partial charge in [0, 0.05) is 23.7 Å². The minimum Gasteiger partial charge on any atom is -0.352 e. The van der Waals surface area contributed by atoms with Gasteiger partial charge in [-0.3, -0.25) is 9.78 Å². The van der Waals surface area contributed by atoms with Crippen molar-refractivity contribution < 1.29 is 18.0 Å². The lowest BCUT2D eigenvalue weighted by Gasteiger charge is -2.24. The summed E-state index contributed by atoms with van der Waals surface area (Å²) in [6.45, 7) is 0.674. The van der Waals surface area contributed by atoms with Gasteiger partial charge in [-0.2, -0.15) is 0 Å². The van der Waals surface area contributed by atoms with E-state index in [0.29, 0.717) is 29.1 Å². The number of fused-ring (bicyclic) bond motifs is 1. The first-order chi connectivity index (χ1) is 15.4. The third kappa shape index (κ3) is 4.90. The molecule has 166 valence electrons. The molecule has 2 aromatic heterocycles. The van der Waals surface area contributed by atoms with Gasteiger partial charge in [-0.1, -0.05) is 6.42 Å². The number of aromatic nitrogens is 4. The molecule has 1 fully saturated rings. The van der Waals surface area contributed by atoms with Crippen LogP contribution in [0.5, 0.6) is 0 Å². The van der Waals surface area contributed by atoms with Crippen molar-refractivity contribution in [2.24, 2.45) is 5.92 Å². The highest BCUT2D eigenvalue weighted by atomic mass is 19.1.